The second-order valence-corrected chi connectivity index (χ2v) is 4.88. The molecule has 0 aromatic carbocycles. The molecule has 2 bridgehead atoms. The Morgan fingerprint density at radius 1 is 1.07 bits per heavy atom. The van der Waals surface area contributed by atoms with Crippen molar-refractivity contribution < 1.29 is 14.6 Å². The molecule has 1 heterocycles. The highest BCUT2D eigenvalue weighted by atomic mass is 16.7. The predicted octanol–water partition coefficient (Wildman–Crippen LogP) is 1.30. The molecule has 3 nitrogen and oxygen atoms in total. The standard InChI is InChI=1S/C11H18O3/c12-10-2-1-9-7-8(10)3-4-11(9)13-5-6-14-11/h8-10,12H,1-7H2/t8-,9-,10+/m1/s1. The normalized spacial score (nSPS) is 45.6. The van der Waals surface area contributed by atoms with E-state index >= 15 is 0 Å². The van der Waals surface area contributed by atoms with Gasteiger partial charge < -0.3 is 14.6 Å². The van der Waals surface area contributed by atoms with Crippen LogP contribution in [0.3, 0.4) is 0 Å². The highest BCUT2D eigenvalue weighted by Gasteiger charge is 2.51. The Morgan fingerprint density at radius 3 is 2.64 bits per heavy atom. The monoisotopic (exact) mass is 198 g/mol. The molecule has 2 saturated carbocycles. The maximum absolute atomic E-state index is 9.77. The Morgan fingerprint density at radius 2 is 1.86 bits per heavy atom. The molecule has 1 N–H and O–H groups in total. The SMILES string of the molecule is O[C@H]1CC[C@@H]2C[C@H]1CCC21OCCO1. The van der Waals surface area contributed by atoms with Crippen molar-refractivity contribution in [2.45, 2.75) is 44.0 Å². The van der Waals surface area contributed by atoms with Gasteiger partial charge in [0.25, 0.3) is 0 Å². The van der Waals surface area contributed by atoms with E-state index in [2.05, 4.69) is 0 Å². The van der Waals surface area contributed by atoms with Crippen molar-refractivity contribution in [1.29, 1.82) is 0 Å². The molecule has 0 amide bonds. The van der Waals surface area contributed by atoms with Crippen LogP contribution in [0.4, 0.5) is 0 Å². The topological polar surface area (TPSA) is 38.7 Å². The smallest absolute Gasteiger partial charge is 0.171 e. The summed E-state index contributed by atoms with van der Waals surface area (Å²) >= 11 is 0. The molecule has 0 radical (unpaired) electrons. The third-order valence-electron chi connectivity index (χ3n) is 4.20. The third kappa shape index (κ3) is 1.23. The molecule has 80 valence electrons. The lowest BCUT2D eigenvalue weighted by atomic mass is 9.67. The molecule has 3 atom stereocenters. The van der Waals surface area contributed by atoms with E-state index in [0.717, 1.165) is 45.3 Å². The van der Waals surface area contributed by atoms with E-state index in [1.807, 2.05) is 0 Å². The molecule has 3 heteroatoms. The third-order valence-corrected chi connectivity index (χ3v) is 4.20. The highest BCUT2D eigenvalue weighted by molar-refractivity contribution is 4.95. The molecule has 0 aromatic rings. The van der Waals surface area contributed by atoms with E-state index in [1.54, 1.807) is 0 Å². The molecule has 1 spiro atoms. The van der Waals surface area contributed by atoms with Crippen molar-refractivity contribution in [2.24, 2.45) is 11.8 Å². The van der Waals surface area contributed by atoms with Gasteiger partial charge in [-0.25, -0.2) is 0 Å². The Balaban J connectivity index is 1.79. The van der Waals surface area contributed by atoms with E-state index < -0.39 is 0 Å². The van der Waals surface area contributed by atoms with Gasteiger partial charge in [0.2, 0.25) is 0 Å². The zero-order valence-corrected chi connectivity index (χ0v) is 8.45. The first-order chi connectivity index (χ1) is 6.80. The first-order valence-corrected chi connectivity index (χ1v) is 5.76. The minimum Gasteiger partial charge on any atom is -0.393 e. The van der Waals surface area contributed by atoms with Crippen molar-refractivity contribution in [2.75, 3.05) is 13.2 Å². The van der Waals surface area contributed by atoms with Gasteiger partial charge >= 0.3 is 0 Å². The average Bonchev–Trinajstić information content (AvgIpc) is 2.66. The van der Waals surface area contributed by atoms with Gasteiger partial charge in [-0.3, -0.25) is 0 Å². The lowest BCUT2D eigenvalue weighted by molar-refractivity contribution is -0.234. The Kier molecular flexibility index (Phi) is 2.08. The van der Waals surface area contributed by atoms with Gasteiger partial charge in [0.1, 0.15) is 0 Å². The van der Waals surface area contributed by atoms with Crippen LogP contribution < -0.4 is 0 Å². The maximum atomic E-state index is 9.77. The first-order valence-electron chi connectivity index (χ1n) is 5.76. The zero-order chi connectivity index (χ0) is 9.60. The summed E-state index contributed by atoms with van der Waals surface area (Å²) in [6.07, 6.45) is 5.09. The summed E-state index contributed by atoms with van der Waals surface area (Å²) in [6, 6.07) is 0. The zero-order valence-electron chi connectivity index (χ0n) is 8.45. The van der Waals surface area contributed by atoms with Crippen LogP contribution in [0.25, 0.3) is 0 Å². The van der Waals surface area contributed by atoms with Gasteiger partial charge in [-0.05, 0) is 31.6 Å². The minimum absolute atomic E-state index is 0.0648. The molecule has 14 heavy (non-hydrogen) atoms. The number of fused-ring (bicyclic) bond motifs is 3. The fraction of sp³-hybridized carbons (Fsp3) is 1.00. The van der Waals surface area contributed by atoms with Crippen LogP contribution in [0.1, 0.15) is 32.1 Å². The molecule has 3 aliphatic rings. The van der Waals surface area contributed by atoms with E-state index in [9.17, 15) is 5.11 Å². The second-order valence-electron chi connectivity index (χ2n) is 4.88. The van der Waals surface area contributed by atoms with Crippen LogP contribution in [0.5, 0.6) is 0 Å². The fourth-order valence-electron chi connectivity index (χ4n) is 3.40. The van der Waals surface area contributed by atoms with Crippen LogP contribution in [-0.2, 0) is 9.47 Å². The van der Waals surface area contributed by atoms with Gasteiger partial charge in [0, 0.05) is 12.3 Å². The molecule has 3 rings (SSSR count). The molecule has 1 saturated heterocycles. The maximum Gasteiger partial charge on any atom is 0.171 e. The minimum atomic E-state index is -0.253. The molecule has 1 aliphatic heterocycles. The molecule has 3 fully saturated rings. The van der Waals surface area contributed by atoms with E-state index in [0.29, 0.717) is 11.8 Å². The number of aliphatic hydroxyl groups excluding tert-OH is 1. The van der Waals surface area contributed by atoms with Gasteiger partial charge in [-0.1, -0.05) is 0 Å². The summed E-state index contributed by atoms with van der Waals surface area (Å²) in [5, 5.41) is 9.77. The summed E-state index contributed by atoms with van der Waals surface area (Å²) < 4.78 is 11.6. The van der Waals surface area contributed by atoms with E-state index in [-0.39, 0.29) is 11.9 Å². The fourth-order valence-corrected chi connectivity index (χ4v) is 3.40. The van der Waals surface area contributed by atoms with Crippen LogP contribution >= 0.6 is 0 Å². The Labute approximate surface area is 84.4 Å². The van der Waals surface area contributed by atoms with Gasteiger partial charge in [-0.2, -0.15) is 0 Å². The van der Waals surface area contributed by atoms with E-state index in [1.165, 1.54) is 0 Å². The van der Waals surface area contributed by atoms with Crippen LogP contribution in [0.15, 0.2) is 0 Å². The number of ether oxygens (including phenoxy) is 2. The summed E-state index contributed by atoms with van der Waals surface area (Å²) in [7, 11) is 0. The number of aliphatic hydroxyl groups is 1. The van der Waals surface area contributed by atoms with Crippen LogP contribution in [0.2, 0.25) is 0 Å². The molecule has 2 aliphatic carbocycles. The van der Waals surface area contributed by atoms with Crippen molar-refractivity contribution in [3.05, 3.63) is 0 Å². The quantitative estimate of drug-likeness (QED) is 0.637. The second kappa shape index (κ2) is 3.19. The largest absolute Gasteiger partial charge is 0.393 e. The average molecular weight is 198 g/mol. The van der Waals surface area contributed by atoms with Gasteiger partial charge in [0.05, 0.1) is 19.3 Å². The van der Waals surface area contributed by atoms with Crippen molar-refractivity contribution in [3.63, 3.8) is 0 Å². The highest BCUT2D eigenvalue weighted by Crippen LogP contribution is 2.49. The summed E-state index contributed by atoms with van der Waals surface area (Å²) in [6.45, 7) is 1.51. The Bertz CT molecular complexity index is 223. The summed E-state index contributed by atoms with van der Waals surface area (Å²) in [4.78, 5) is 0. The van der Waals surface area contributed by atoms with Crippen molar-refractivity contribution in [3.8, 4) is 0 Å². The lowest BCUT2D eigenvalue weighted by Gasteiger charge is -2.47. The Hall–Kier alpha value is -0.120. The molecular formula is C11H18O3. The summed E-state index contributed by atoms with van der Waals surface area (Å²) in [5.74, 6) is 0.788. The van der Waals surface area contributed by atoms with Crippen molar-refractivity contribution in [1.82, 2.24) is 0 Å². The number of hydrogen-bond donors (Lipinski definition) is 1. The van der Waals surface area contributed by atoms with Crippen molar-refractivity contribution >= 4 is 0 Å². The number of rotatable bonds is 0. The lowest BCUT2D eigenvalue weighted by Crippen LogP contribution is -2.49. The van der Waals surface area contributed by atoms with Crippen LogP contribution in [0, 0.1) is 11.8 Å². The first kappa shape index (κ1) is 9.13. The van der Waals surface area contributed by atoms with Gasteiger partial charge in [-0.15, -0.1) is 0 Å². The molecular weight excluding hydrogens is 180 g/mol. The predicted molar refractivity (Wildman–Crippen MR) is 50.7 cm³/mol. The number of hydrogen-bond acceptors (Lipinski definition) is 3. The van der Waals surface area contributed by atoms with E-state index in [4.69, 9.17) is 9.47 Å². The van der Waals surface area contributed by atoms with Gasteiger partial charge in [0.15, 0.2) is 5.79 Å². The van der Waals surface area contributed by atoms with Crippen LogP contribution in [-0.4, -0.2) is 30.2 Å². The summed E-state index contributed by atoms with van der Waals surface area (Å²) in [5.41, 5.74) is 0. The molecule has 0 unspecified atom stereocenters. The molecule has 0 aromatic heterocycles.